The van der Waals surface area contributed by atoms with Gasteiger partial charge in [0.1, 0.15) is 17.3 Å². The molecular weight excluding hydrogens is 398 g/mol. The van der Waals surface area contributed by atoms with E-state index < -0.39 is 17.5 Å². The number of hydrogen-bond acceptors (Lipinski definition) is 1. The van der Waals surface area contributed by atoms with Gasteiger partial charge < -0.3 is 9.88 Å². The van der Waals surface area contributed by atoms with Crippen LogP contribution in [-0.2, 0) is 6.54 Å². The Labute approximate surface area is 131 Å². The Kier molecular flexibility index (Phi) is 4.59. The van der Waals surface area contributed by atoms with Gasteiger partial charge in [-0.3, -0.25) is 4.79 Å². The van der Waals surface area contributed by atoms with Gasteiger partial charge >= 0.3 is 0 Å². The number of nitrogens with zero attached hydrogens (tertiary/aromatic N) is 1. The standard InChI is InChI=1S/C13H10Br2F2N2O/c1-2-19-6-7(14)3-12(19)13(20)18-11-5-9(16)8(15)4-10(11)17/h3-6H,2H2,1H3,(H,18,20). The van der Waals surface area contributed by atoms with Crippen LogP contribution in [-0.4, -0.2) is 10.5 Å². The van der Waals surface area contributed by atoms with Gasteiger partial charge in [0, 0.05) is 23.3 Å². The second-order valence-corrected chi connectivity index (χ2v) is 5.80. The molecule has 0 radical (unpaired) electrons. The van der Waals surface area contributed by atoms with Crippen molar-refractivity contribution in [2.75, 3.05) is 5.32 Å². The molecule has 0 aliphatic carbocycles. The van der Waals surface area contributed by atoms with Crippen molar-refractivity contribution in [2.45, 2.75) is 13.5 Å². The Hall–Kier alpha value is -1.21. The molecule has 0 saturated carbocycles. The maximum Gasteiger partial charge on any atom is 0.272 e. The summed E-state index contributed by atoms with van der Waals surface area (Å²) in [5.41, 5.74) is 0.165. The molecule has 106 valence electrons. The summed E-state index contributed by atoms with van der Waals surface area (Å²) in [6, 6.07) is 3.53. The van der Waals surface area contributed by atoms with Crippen molar-refractivity contribution in [3.8, 4) is 0 Å². The molecule has 1 amide bonds. The Morgan fingerprint density at radius 3 is 2.60 bits per heavy atom. The van der Waals surface area contributed by atoms with Crippen molar-refractivity contribution in [1.82, 2.24) is 4.57 Å². The summed E-state index contributed by atoms with van der Waals surface area (Å²) in [5, 5.41) is 2.37. The second-order valence-electron chi connectivity index (χ2n) is 4.03. The second kappa shape index (κ2) is 6.05. The first-order chi connectivity index (χ1) is 9.42. The first-order valence-electron chi connectivity index (χ1n) is 5.74. The van der Waals surface area contributed by atoms with Crippen LogP contribution >= 0.6 is 31.9 Å². The zero-order chi connectivity index (χ0) is 14.9. The van der Waals surface area contributed by atoms with Crippen LogP contribution in [0.25, 0.3) is 0 Å². The number of aromatic nitrogens is 1. The van der Waals surface area contributed by atoms with E-state index in [0.717, 1.165) is 16.6 Å². The fourth-order valence-corrected chi connectivity index (χ4v) is 2.51. The van der Waals surface area contributed by atoms with E-state index in [1.807, 2.05) is 6.92 Å². The van der Waals surface area contributed by atoms with Crippen LogP contribution in [0, 0.1) is 11.6 Å². The summed E-state index contributed by atoms with van der Waals surface area (Å²) in [6.07, 6.45) is 1.74. The molecule has 0 saturated heterocycles. The lowest BCUT2D eigenvalue weighted by Crippen LogP contribution is -2.17. The third-order valence-corrected chi connectivity index (χ3v) is 3.74. The molecule has 3 nitrogen and oxygen atoms in total. The van der Waals surface area contributed by atoms with Crippen LogP contribution in [0.5, 0.6) is 0 Å². The molecule has 0 bridgehead atoms. The summed E-state index contributed by atoms with van der Waals surface area (Å²) in [5.74, 6) is -1.85. The number of hydrogen-bond donors (Lipinski definition) is 1. The number of halogens is 4. The first-order valence-corrected chi connectivity index (χ1v) is 7.32. The molecule has 1 aromatic heterocycles. The first kappa shape index (κ1) is 15.2. The number of benzene rings is 1. The average molecular weight is 408 g/mol. The van der Waals surface area contributed by atoms with Gasteiger partial charge in [0.15, 0.2) is 0 Å². The predicted molar refractivity (Wildman–Crippen MR) is 79.8 cm³/mol. The van der Waals surface area contributed by atoms with E-state index >= 15 is 0 Å². The highest BCUT2D eigenvalue weighted by Crippen LogP contribution is 2.24. The molecule has 1 N–H and O–H groups in total. The van der Waals surface area contributed by atoms with Gasteiger partial charge in [-0.25, -0.2) is 8.78 Å². The van der Waals surface area contributed by atoms with Gasteiger partial charge in [0.25, 0.3) is 5.91 Å². The number of rotatable bonds is 3. The molecule has 0 aliphatic heterocycles. The lowest BCUT2D eigenvalue weighted by atomic mass is 10.3. The Bertz CT molecular complexity index is 671. The molecule has 2 aromatic rings. The highest BCUT2D eigenvalue weighted by Gasteiger charge is 2.16. The maximum absolute atomic E-state index is 13.7. The minimum Gasteiger partial charge on any atom is -0.343 e. The SMILES string of the molecule is CCn1cc(Br)cc1C(=O)Nc1cc(F)c(Br)cc1F. The highest BCUT2D eigenvalue weighted by atomic mass is 79.9. The summed E-state index contributed by atoms with van der Waals surface area (Å²) in [7, 11) is 0. The van der Waals surface area contributed by atoms with Crippen LogP contribution in [0.2, 0.25) is 0 Å². The van der Waals surface area contributed by atoms with E-state index in [4.69, 9.17) is 0 Å². The van der Waals surface area contributed by atoms with Gasteiger partial charge in [-0.15, -0.1) is 0 Å². The molecule has 20 heavy (non-hydrogen) atoms. The molecule has 0 aliphatic rings. The van der Waals surface area contributed by atoms with Crippen LogP contribution in [0.3, 0.4) is 0 Å². The minimum absolute atomic E-state index is 0.00711. The molecule has 0 atom stereocenters. The highest BCUT2D eigenvalue weighted by molar-refractivity contribution is 9.10. The van der Waals surface area contributed by atoms with Crippen LogP contribution in [0.4, 0.5) is 14.5 Å². The van der Waals surface area contributed by atoms with Crippen molar-refractivity contribution in [3.63, 3.8) is 0 Å². The third kappa shape index (κ3) is 3.09. The van der Waals surface area contributed by atoms with E-state index in [1.54, 1.807) is 16.8 Å². The van der Waals surface area contributed by atoms with Gasteiger partial charge in [0.05, 0.1) is 10.2 Å². The smallest absolute Gasteiger partial charge is 0.272 e. The molecule has 1 heterocycles. The summed E-state index contributed by atoms with van der Waals surface area (Å²) in [4.78, 5) is 12.1. The molecule has 1 aromatic carbocycles. The fourth-order valence-electron chi connectivity index (χ4n) is 1.73. The normalized spacial score (nSPS) is 10.7. The minimum atomic E-state index is -0.708. The zero-order valence-electron chi connectivity index (χ0n) is 10.4. The number of anilines is 1. The Morgan fingerprint density at radius 1 is 1.25 bits per heavy atom. The number of nitrogens with one attached hydrogen (secondary N) is 1. The third-order valence-electron chi connectivity index (χ3n) is 2.69. The van der Waals surface area contributed by atoms with E-state index in [-0.39, 0.29) is 10.2 Å². The van der Waals surface area contributed by atoms with Crippen LogP contribution in [0.15, 0.2) is 33.3 Å². The van der Waals surface area contributed by atoms with Crippen molar-refractivity contribution in [2.24, 2.45) is 0 Å². The topological polar surface area (TPSA) is 34.0 Å². The van der Waals surface area contributed by atoms with E-state index in [0.29, 0.717) is 12.2 Å². The van der Waals surface area contributed by atoms with Gasteiger partial charge in [-0.1, -0.05) is 0 Å². The molecule has 2 rings (SSSR count). The molecule has 0 spiro atoms. The zero-order valence-corrected chi connectivity index (χ0v) is 13.6. The number of carbonyl (C=O) groups excluding carboxylic acids is 1. The van der Waals surface area contributed by atoms with Crippen LogP contribution < -0.4 is 5.32 Å². The molecule has 0 fully saturated rings. The molecule has 0 unspecified atom stereocenters. The van der Waals surface area contributed by atoms with Gasteiger partial charge in [-0.05, 0) is 50.9 Å². The van der Waals surface area contributed by atoms with E-state index in [2.05, 4.69) is 37.2 Å². The lowest BCUT2D eigenvalue weighted by Gasteiger charge is -2.09. The van der Waals surface area contributed by atoms with E-state index in [9.17, 15) is 13.6 Å². The average Bonchev–Trinajstić information content (AvgIpc) is 2.77. The molecule has 7 heteroatoms. The van der Waals surface area contributed by atoms with E-state index in [1.165, 1.54) is 0 Å². The van der Waals surface area contributed by atoms with Crippen LogP contribution in [0.1, 0.15) is 17.4 Å². The summed E-state index contributed by atoms with van der Waals surface area (Å²) in [6.45, 7) is 2.47. The fraction of sp³-hybridized carbons (Fsp3) is 0.154. The largest absolute Gasteiger partial charge is 0.343 e. The summed E-state index contributed by atoms with van der Waals surface area (Å²) < 4.78 is 29.5. The lowest BCUT2D eigenvalue weighted by molar-refractivity contribution is 0.101. The van der Waals surface area contributed by atoms with Crippen molar-refractivity contribution < 1.29 is 13.6 Å². The monoisotopic (exact) mass is 406 g/mol. The number of aryl methyl sites for hydroxylation is 1. The van der Waals surface area contributed by atoms with Crippen molar-refractivity contribution >= 4 is 43.5 Å². The Balaban J connectivity index is 2.30. The van der Waals surface area contributed by atoms with Gasteiger partial charge in [0.2, 0.25) is 0 Å². The van der Waals surface area contributed by atoms with Gasteiger partial charge in [-0.2, -0.15) is 0 Å². The molecular formula is C13H10Br2F2N2O. The predicted octanol–water partition coefficient (Wildman–Crippen LogP) is 4.56. The van der Waals surface area contributed by atoms with Crippen molar-refractivity contribution in [3.05, 3.63) is 50.7 Å². The maximum atomic E-state index is 13.7. The number of carbonyl (C=O) groups is 1. The quantitative estimate of drug-likeness (QED) is 0.743. The Morgan fingerprint density at radius 2 is 1.95 bits per heavy atom. The van der Waals surface area contributed by atoms with Crippen molar-refractivity contribution in [1.29, 1.82) is 0 Å². The number of amides is 1. The summed E-state index contributed by atoms with van der Waals surface area (Å²) >= 11 is 6.15.